The van der Waals surface area contributed by atoms with Gasteiger partial charge >= 0.3 is 0 Å². The maximum atomic E-state index is 13.0. The maximum Gasteiger partial charge on any atom is 0.189 e. The first-order valence-corrected chi connectivity index (χ1v) is 8.24. The van der Waals surface area contributed by atoms with Crippen LogP contribution in [0.1, 0.15) is 29.7 Å². The molecule has 5 nitrogen and oxygen atoms in total. The Morgan fingerprint density at radius 2 is 2.04 bits per heavy atom. The highest BCUT2D eigenvalue weighted by molar-refractivity contribution is 14.0. The van der Waals surface area contributed by atoms with E-state index in [1.165, 1.54) is 12.1 Å². The van der Waals surface area contributed by atoms with Gasteiger partial charge in [0.05, 0.1) is 19.2 Å². The highest BCUT2D eigenvalue weighted by atomic mass is 127. The molecule has 2 aromatic rings. The van der Waals surface area contributed by atoms with Gasteiger partial charge in [0.2, 0.25) is 0 Å². The zero-order valence-electron chi connectivity index (χ0n) is 14.5. The third kappa shape index (κ3) is 5.07. The lowest BCUT2D eigenvalue weighted by atomic mass is 10.0. The summed E-state index contributed by atoms with van der Waals surface area (Å²) in [5.74, 6) is 0.951. The number of hydrogen-bond donors (Lipinski definition) is 2. The molecule has 0 saturated heterocycles. The van der Waals surface area contributed by atoms with Crippen molar-refractivity contribution in [2.24, 2.45) is 10.7 Å². The lowest BCUT2D eigenvalue weighted by Crippen LogP contribution is -2.37. The molecule has 1 aliphatic heterocycles. The molecule has 1 heterocycles. The van der Waals surface area contributed by atoms with E-state index in [0.717, 1.165) is 23.3 Å². The van der Waals surface area contributed by atoms with Gasteiger partial charge in [0.15, 0.2) is 5.96 Å². The van der Waals surface area contributed by atoms with E-state index in [2.05, 4.69) is 10.3 Å². The molecule has 1 aliphatic rings. The van der Waals surface area contributed by atoms with E-state index in [0.29, 0.717) is 19.1 Å². The molecule has 0 aromatic heterocycles. The molecule has 0 radical (unpaired) electrons. The first kappa shape index (κ1) is 20.4. The Balaban J connectivity index is 0.00000243. The number of guanidine groups is 1. The molecule has 140 valence electrons. The van der Waals surface area contributed by atoms with Gasteiger partial charge in [-0.25, -0.2) is 4.39 Å². The predicted octanol–water partition coefficient (Wildman–Crippen LogP) is 3.56. The first-order chi connectivity index (χ1) is 12.2. The van der Waals surface area contributed by atoms with Crippen LogP contribution in [-0.2, 0) is 4.74 Å². The maximum absolute atomic E-state index is 13.0. The van der Waals surface area contributed by atoms with Gasteiger partial charge in [-0.05, 0) is 23.8 Å². The van der Waals surface area contributed by atoms with E-state index in [-0.39, 0.29) is 41.9 Å². The molecule has 2 atom stereocenters. The number of rotatable bonds is 5. The number of fused-ring (bicyclic) bond motifs is 1. The number of nitrogens with one attached hydrogen (secondary N) is 1. The second kappa shape index (κ2) is 9.72. The fourth-order valence-corrected chi connectivity index (χ4v) is 2.89. The third-order valence-corrected chi connectivity index (χ3v) is 4.23. The van der Waals surface area contributed by atoms with E-state index in [1.54, 1.807) is 19.2 Å². The van der Waals surface area contributed by atoms with Crippen LogP contribution < -0.4 is 15.8 Å². The molecule has 0 aliphatic carbocycles. The number of nitrogens with two attached hydrogens (primary N) is 1. The molecule has 0 amide bonds. The van der Waals surface area contributed by atoms with Crippen molar-refractivity contribution in [1.82, 2.24) is 5.32 Å². The number of para-hydroxylation sites is 1. The zero-order valence-corrected chi connectivity index (χ0v) is 16.9. The normalized spacial score (nSPS) is 17.5. The molecular formula is C19H23FIN3O2. The molecule has 3 rings (SSSR count). The van der Waals surface area contributed by atoms with Crippen LogP contribution in [0.15, 0.2) is 53.5 Å². The molecule has 0 bridgehead atoms. The second-order valence-electron chi connectivity index (χ2n) is 5.87. The van der Waals surface area contributed by atoms with E-state index in [1.807, 2.05) is 24.3 Å². The number of hydrogen-bond acceptors (Lipinski definition) is 3. The Morgan fingerprint density at radius 1 is 1.31 bits per heavy atom. The van der Waals surface area contributed by atoms with Crippen LogP contribution in [0.25, 0.3) is 0 Å². The van der Waals surface area contributed by atoms with E-state index in [4.69, 9.17) is 15.2 Å². The van der Waals surface area contributed by atoms with E-state index in [9.17, 15) is 4.39 Å². The Kier molecular flexibility index (Phi) is 7.65. The monoisotopic (exact) mass is 471 g/mol. The fourth-order valence-electron chi connectivity index (χ4n) is 2.89. The highest BCUT2D eigenvalue weighted by Gasteiger charge is 2.21. The Hall–Kier alpha value is -1.87. The Morgan fingerprint density at radius 3 is 2.77 bits per heavy atom. The third-order valence-electron chi connectivity index (χ3n) is 4.23. The molecule has 0 spiro atoms. The lowest BCUT2D eigenvalue weighted by molar-refractivity contribution is 0.111. The second-order valence-corrected chi connectivity index (χ2v) is 5.87. The lowest BCUT2D eigenvalue weighted by Gasteiger charge is -2.27. The number of aliphatic imine (C=N–C) groups is 1. The fraction of sp³-hybridized carbons (Fsp3) is 0.316. The van der Waals surface area contributed by atoms with E-state index < -0.39 is 0 Å². The number of ether oxygens (including phenoxy) is 2. The number of benzene rings is 2. The van der Waals surface area contributed by atoms with Crippen LogP contribution in [0.2, 0.25) is 0 Å². The van der Waals surface area contributed by atoms with Crippen molar-refractivity contribution in [3.8, 4) is 5.75 Å². The summed E-state index contributed by atoms with van der Waals surface area (Å²) in [6.07, 6.45) is 0.543. The SMILES string of the molecule is COC(CN=C(N)NC1CCOc2ccccc21)c1ccc(F)cc1.I. The van der Waals surface area contributed by atoms with Crippen molar-refractivity contribution >= 4 is 29.9 Å². The summed E-state index contributed by atoms with van der Waals surface area (Å²) in [6.45, 7) is 0.990. The molecule has 2 unspecified atom stereocenters. The van der Waals surface area contributed by atoms with Gasteiger partial charge in [0.25, 0.3) is 0 Å². The van der Waals surface area contributed by atoms with Gasteiger partial charge in [0.1, 0.15) is 17.7 Å². The minimum Gasteiger partial charge on any atom is -0.493 e. The molecule has 26 heavy (non-hydrogen) atoms. The summed E-state index contributed by atoms with van der Waals surface area (Å²) >= 11 is 0. The number of nitrogens with zero attached hydrogens (tertiary/aromatic N) is 1. The zero-order chi connectivity index (χ0) is 17.6. The molecule has 7 heteroatoms. The summed E-state index contributed by atoms with van der Waals surface area (Å²) in [5, 5.41) is 3.25. The van der Waals surface area contributed by atoms with Crippen LogP contribution >= 0.6 is 24.0 Å². The average Bonchev–Trinajstić information content (AvgIpc) is 2.64. The predicted molar refractivity (Wildman–Crippen MR) is 110 cm³/mol. The summed E-state index contributed by atoms with van der Waals surface area (Å²) in [6, 6.07) is 14.2. The highest BCUT2D eigenvalue weighted by Crippen LogP contribution is 2.31. The quantitative estimate of drug-likeness (QED) is 0.398. The van der Waals surface area contributed by atoms with Crippen molar-refractivity contribution in [1.29, 1.82) is 0 Å². The van der Waals surface area contributed by atoms with Crippen LogP contribution in [0.3, 0.4) is 0 Å². The minimum absolute atomic E-state index is 0. The largest absolute Gasteiger partial charge is 0.493 e. The summed E-state index contributed by atoms with van der Waals surface area (Å²) in [5.41, 5.74) is 7.99. The van der Waals surface area contributed by atoms with Crippen molar-refractivity contribution in [3.05, 3.63) is 65.5 Å². The van der Waals surface area contributed by atoms with Crippen LogP contribution in [-0.4, -0.2) is 26.2 Å². The molecule has 2 aromatic carbocycles. The number of halogens is 2. The molecular weight excluding hydrogens is 448 g/mol. The van der Waals surface area contributed by atoms with Gasteiger partial charge in [-0.2, -0.15) is 0 Å². The van der Waals surface area contributed by atoms with Crippen molar-refractivity contribution < 1.29 is 13.9 Å². The van der Waals surface area contributed by atoms with Gasteiger partial charge in [0, 0.05) is 19.1 Å². The van der Waals surface area contributed by atoms with Gasteiger partial charge in [-0.15, -0.1) is 24.0 Å². The Labute approximate surface area is 169 Å². The summed E-state index contributed by atoms with van der Waals surface area (Å²) in [7, 11) is 1.60. The van der Waals surface area contributed by atoms with Gasteiger partial charge in [-0.3, -0.25) is 4.99 Å². The minimum atomic E-state index is -0.276. The standard InChI is InChI=1S/C19H22FN3O2.HI/c1-24-18(13-6-8-14(20)9-7-13)12-22-19(21)23-16-10-11-25-17-5-3-2-4-15(16)17;/h2-9,16,18H,10-12H2,1H3,(H3,21,22,23);1H. The van der Waals surface area contributed by atoms with Crippen molar-refractivity contribution in [2.45, 2.75) is 18.6 Å². The van der Waals surface area contributed by atoms with Crippen LogP contribution in [0.5, 0.6) is 5.75 Å². The summed E-state index contributed by atoms with van der Waals surface area (Å²) in [4.78, 5) is 4.38. The number of methoxy groups -OCH3 is 1. The van der Waals surface area contributed by atoms with Gasteiger partial charge < -0.3 is 20.5 Å². The first-order valence-electron chi connectivity index (χ1n) is 8.24. The van der Waals surface area contributed by atoms with Crippen molar-refractivity contribution in [3.63, 3.8) is 0 Å². The van der Waals surface area contributed by atoms with Crippen LogP contribution in [0, 0.1) is 5.82 Å². The Bertz CT molecular complexity index is 740. The van der Waals surface area contributed by atoms with Gasteiger partial charge in [-0.1, -0.05) is 30.3 Å². The van der Waals surface area contributed by atoms with Crippen LogP contribution in [0.4, 0.5) is 4.39 Å². The van der Waals surface area contributed by atoms with E-state index >= 15 is 0 Å². The molecule has 0 fully saturated rings. The average molecular weight is 471 g/mol. The van der Waals surface area contributed by atoms with Crippen molar-refractivity contribution in [2.75, 3.05) is 20.3 Å². The smallest absolute Gasteiger partial charge is 0.189 e. The molecule has 3 N–H and O–H groups in total. The summed E-state index contributed by atoms with van der Waals surface area (Å²) < 4.78 is 24.1. The topological polar surface area (TPSA) is 68.9 Å². The molecule has 0 saturated carbocycles.